The van der Waals surface area contributed by atoms with Gasteiger partial charge in [0.05, 0.1) is 0 Å². The van der Waals surface area contributed by atoms with Crippen molar-refractivity contribution >= 4 is 35.2 Å². The van der Waals surface area contributed by atoms with Gasteiger partial charge in [0.15, 0.2) is 6.10 Å². The molecule has 0 fully saturated rings. The lowest BCUT2D eigenvalue weighted by Gasteiger charge is -2.14. The van der Waals surface area contributed by atoms with Crippen molar-refractivity contribution in [2.45, 2.75) is 26.9 Å². The molecule has 4 nitrogen and oxygen atoms in total. The molecule has 0 radical (unpaired) electrons. The summed E-state index contributed by atoms with van der Waals surface area (Å²) in [5.74, 6) is -0.992. The first-order valence-corrected chi connectivity index (χ1v) is 8.26. The number of anilines is 1. The molecular formula is C20H20ClNO3. The van der Waals surface area contributed by atoms with E-state index >= 15 is 0 Å². The van der Waals surface area contributed by atoms with Crippen LogP contribution in [0, 0.1) is 13.8 Å². The summed E-state index contributed by atoms with van der Waals surface area (Å²) in [5.41, 5.74) is 3.38. The molecule has 0 spiro atoms. The van der Waals surface area contributed by atoms with E-state index in [1.807, 2.05) is 31.2 Å². The van der Waals surface area contributed by atoms with Gasteiger partial charge in [-0.1, -0.05) is 47.5 Å². The van der Waals surface area contributed by atoms with Gasteiger partial charge in [-0.3, -0.25) is 4.79 Å². The molecule has 25 heavy (non-hydrogen) atoms. The number of benzene rings is 2. The van der Waals surface area contributed by atoms with Crippen molar-refractivity contribution in [1.29, 1.82) is 0 Å². The molecule has 1 N–H and O–H groups in total. The van der Waals surface area contributed by atoms with Crippen LogP contribution in [0.5, 0.6) is 0 Å². The first-order chi connectivity index (χ1) is 11.9. The maximum absolute atomic E-state index is 12.2. The van der Waals surface area contributed by atoms with Crippen molar-refractivity contribution < 1.29 is 14.3 Å². The smallest absolute Gasteiger partial charge is 0.331 e. The second-order valence-corrected chi connectivity index (χ2v) is 6.13. The molecule has 1 amide bonds. The monoisotopic (exact) mass is 357 g/mol. The van der Waals surface area contributed by atoms with Gasteiger partial charge in [-0.2, -0.15) is 0 Å². The number of aryl methyl sites for hydroxylation is 1. The lowest BCUT2D eigenvalue weighted by atomic mass is 10.1. The van der Waals surface area contributed by atoms with Crippen molar-refractivity contribution in [3.8, 4) is 0 Å². The van der Waals surface area contributed by atoms with Gasteiger partial charge in [-0.25, -0.2) is 4.79 Å². The van der Waals surface area contributed by atoms with Crippen molar-refractivity contribution in [3.05, 3.63) is 70.3 Å². The summed E-state index contributed by atoms with van der Waals surface area (Å²) in [6.07, 6.45) is 2.03. The molecule has 0 aliphatic heterocycles. The lowest BCUT2D eigenvalue weighted by Crippen LogP contribution is -2.29. The Morgan fingerprint density at radius 2 is 1.80 bits per heavy atom. The molecule has 5 heteroatoms. The van der Waals surface area contributed by atoms with E-state index in [0.29, 0.717) is 10.7 Å². The standard InChI is InChI=1S/C20H20ClNO3/c1-13-7-9-16(10-8-13)11-12-19(23)25-15(3)20(24)22-18-6-4-5-17(21)14(18)2/h4-12,15H,1-3H3,(H,22,24). The fourth-order valence-electron chi connectivity index (χ4n) is 2.09. The zero-order valence-corrected chi connectivity index (χ0v) is 15.1. The van der Waals surface area contributed by atoms with E-state index < -0.39 is 18.0 Å². The molecule has 130 valence electrons. The zero-order chi connectivity index (χ0) is 18.4. The van der Waals surface area contributed by atoms with E-state index in [0.717, 1.165) is 16.7 Å². The topological polar surface area (TPSA) is 55.4 Å². The first kappa shape index (κ1) is 18.7. The van der Waals surface area contributed by atoms with Crippen molar-refractivity contribution in [2.75, 3.05) is 5.32 Å². The first-order valence-electron chi connectivity index (χ1n) is 7.88. The average Bonchev–Trinajstić information content (AvgIpc) is 2.58. The number of carbonyl (C=O) groups excluding carboxylic acids is 2. The van der Waals surface area contributed by atoms with Crippen LogP contribution in [0.3, 0.4) is 0 Å². The third-order valence-corrected chi connectivity index (χ3v) is 4.09. The van der Waals surface area contributed by atoms with Gasteiger partial charge >= 0.3 is 5.97 Å². The van der Waals surface area contributed by atoms with Crippen LogP contribution in [-0.2, 0) is 14.3 Å². The molecule has 0 bridgehead atoms. The van der Waals surface area contributed by atoms with Crippen molar-refractivity contribution in [2.24, 2.45) is 0 Å². The number of ether oxygens (including phenoxy) is 1. The van der Waals surface area contributed by atoms with Gasteiger partial charge < -0.3 is 10.1 Å². The molecule has 1 unspecified atom stereocenters. The van der Waals surface area contributed by atoms with Crippen LogP contribution in [0.1, 0.15) is 23.6 Å². The van der Waals surface area contributed by atoms with Crippen molar-refractivity contribution in [3.63, 3.8) is 0 Å². The Bertz CT molecular complexity index is 797. The van der Waals surface area contributed by atoms with E-state index in [1.165, 1.54) is 13.0 Å². The van der Waals surface area contributed by atoms with Gasteiger partial charge in [-0.05, 0) is 50.1 Å². The van der Waals surface area contributed by atoms with Crippen LogP contribution in [0.25, 0.3) is 6.08 Å². The summed E-state index contributed by atoms with van der Waals surface area (Å²) in [7, 11) is 0. The number of amides is 1. The van der Waals surface area contributed by atoms with Crippen molar-refractivity contribution in [1.82, 2.24) is 0 Å². The van der Waals surface area contributed by atoms with Gasteiger partial charge in [0.2, 0.25) is 0 Å². The maximum Gasteiger partial charge on any atom is 0.331 e. The average molecular weight is 358 g/mol. The normalized spacial score (nSPS) is 12.0. The highest BCUT2D eigenvalue weighted by atomic mass is 35.5. The van der Waals surface area contributed by atoms with Crippen LogP contribution in [0.15, 0.2) is 48.5 Å². The quantitative estimate of drug-likeness (QED) is 0.631. The highest BCUT2D eigenvalue weighted by Gasteiger charge is 2.17. The van der Waals surface area contributed by atoms with Gasteiger partial charge in [0.1, 0.15) is 0 Å². The van der Waals surface area contributed by atoms with Crippen LogP contribution in [0.4, 0.5) is 5.69 Å². The molecular weight excluding hydrogens is 338 g/mol. The minimum absolute atomic E-state index is 0.414. The van der Waals surface area contributed by atoms with Crippen LogP contribution >= 0.6 is 11.6 Å². The largest absolute Gasteiger partial charge is 0.449 e. The second-order valence-electron chi connectivity index (χ2n) is 5.72. The van der Waals surface area contributed by atoms with Gasteiger partial charge in [-0.15, -0.1) is 0 Å². The molecule has 0 aliphatic carbocycles. The Morgan fingerprint density at radius 3 is 2.48 bits per heavy atom. The number of halogens is 1. The summed E-state index contributed by atoms with van der Waals surface area (Å²) in [4.78, 5) is 24.0. The highest BCUT2D eigenvalue weighted by molar-refractivity contribution is 6.31. The maximum atomic E-state index is 12.2. The predicted molar refractivity (Wildman–Crippen MR) is 101 cm³/mol. The third kappa shape index (κ3) is 5.47. The number of carbonyl (C=O) groups is 2. The lowest BCUT2D eigenvalue weighted by molar-refractivity contribution is -0.148. The Morgan fingerprint density at radius 1 is 1.12 bits per heavy atom. The SMILES string of the molecule is Cc1ccc(C=CC(=O)OC(C)C(=O)Nc2cccc(Cl)c2C)cc1. The molecule has 2 aromatic rings. The minimum Gasteiger partial charge on any atom is -0.449 e. The number of rotatable bonds is 5. The Balaban J connectivity index is 1.92. The minimum atomic E-state index is -0.923. The fourth-order valence-corrected chi connectivity index (χ4v) is 2.26. The number of hydrogen-bond acceptors (Lipinski definition) is 3. The van der Waals surface area contributed by atoms with E-state index in [-0.39, 0.29) is 0 Å². The summed E-state index contributed by atoms with van der Waals surface area (Å²) >= 11 is 6.02. The Kier molecular flexibility index (Phi) is 6.37. The Hall–Kier alpha value is -2.59. The summed E-state index contributed by atoms with van der Waals surface area (Å²) in [6.45, 7) is 5.31. The highest BCUT2D eigenvalue weighted by Crippen LogP contribution is 2.23. The summed E-state index contributed by atoms with van der Waals surface area (Å²) in [6, 6.07) is 12.9. The Labute approximate surface area is 152 Å². The van der Waals surface area contributed by atoms with E-state index in [4.69, 9.17) is 16.3 Å². The third-order valence-electron chi connectivity index (χ3n) is 3.68. The van der Waals surface area contributed by atoms with Gasteiger partial charge in [0, 0.05) is 16.8 Å². The molecule has 1 atom stereocenters. The second kappa shape index (κ2) is 8.49. The number of nitrogens with one attached hydrogen (secondary N) is 1. The molecule has 2 aromatic carbocycles. The predicted octanol–water partition coefficient (Wildman–Crippen LogP) is 4.54. The van der Waals surface area contributed by atoms with Crippen LogP contribution < -0.4 is 5.32 Å². The van der Waals surface area contributed by atoms with Crippen LogP contribution in [-0.4, -0.2) is 18.0 Å². The molecule has 2 rings (SSSR count). The van der Waals surface area contributed by atoms with E-state index in [9.17, 15) is 9.59 Å². The van der Waals surface area contributed by atoms with E-state index in [2.05, 4.69) is 5.32 Å². The molecule has 0 heterocycles. The number of hydrogen-bond donors (Lipinski definition) is 1. The van der Waals surface area contributed by atoms with Crippen LogP contribution in [0.2, 0.25) is 5.02 Å². The fraction of sp³-hybridized carbons (Fsp3) is 0.200. The summed E-state index contributed by atoms with van der Waals surface area (Å²) < 4.78 is 5.13. The zero-order valence-electron chi connectivity index (χ0n) is 14.4. The van der Waals surface area contributed by atoms with Gasteiger partial charge in [0.25, 0.3) is 5.91 Å². The molecule has 0 aliphatic rings. The summed E-state index contributed by atoms with van der Waals surface area (Å²) in [5, 5.41) is 3.27. The molecule has 0 saturated heterocycles. The molecule has 0 aromatic heterocycles. The number of esters is 1. The molecule has 0 saturated carbocycles. The van der Waals surface area contributed by atoms with E-state index in [1.54, 1.807) is 31.2 Å².